The van der Waals surface area contributed by atoms with E-state index in [-0.39, 0.29) is 11.9 Å². The molecule has 1 aliphatic carbocycles. The molecule has 1 unspecified atom stereocenters. The average molecular weight is 354 g/mol. The fourth-order valence-electron chi connectivity index (χ4n) is 3.46. The number of ether oxygens (including phenoxy) is 1. The highest BCUT2D eigenvalue weighted by Gasteiger charge is 2.26. The van der Waals surface area contributed by atoms with E-state index in [2.05, 4.69) is 5.32 Å². The molecule has 0 saturated carbocycles. The summed E-state index contributed by atoms with van der Waals surface area (Å²) in [5, 5.41) is 3.58. The average Bonchev–Trinajstić information content (AvgIpc) is 2.83. The molecule has 0 radical (unpaired) electrons. The van der Waals surface area contributed by atoms with Crippen LogP contribution in [0.2, 0.25) is 0 Å². The number of pyridine rings is 1. The standard InChI is InChI=1S/C21H26N2O3/c1-13(2)22-20(24)14(3)26-21(25)19-15-9-5-4-6-11-17(15)23-18-12-8-7-10-16(18)19/h7-8,10,12-14H,4-6,9,11H2,1-3H3,(H,22,24). The molecule has 2 aromatic rings. The van der Waals surface area contributed by atoms with Gasteiger partial charge in [-0.1, -0.05) is 24.6 Å². The normalized spacial score (nSPS) is 15.2. The Morgan fingerprint density at radius 1 is 1.08 bits per heavy atom. The van der Waals surface area contributed by atoms with Crippen LogP contribution in [0.15, 0.2) is 24.3 Å². The van der Waals surface area contributed by atoms with E-state index in [0.717, 1.165) is 54.3 Å². The number of aryl methyl sites for hydroxylation is 1. The maximum absolute atomic E-state index is 13.0. The summed E-state index contributed by atoms with van der Waals surface area (Å²) in [5.74, 6) is -0.717. The van der Waals surface area contributed by atoms with E-state index in [0.29, 0.717) is 5.56 Å². The highest BCUT2D eigenvalue weighted by molar-refractivity contribution is 6.05. The van der Waals surface area contributed by atoms with Crippen LogP contribution >= 0.6 is 0 Å². The van der Waals surface area contributed by atoms with E-state index in [9.17, 15) is 9.59 Å². The van der Waals surface area contributed by atoms with Gasteiger partial charge in [-0.3, -0.25) is 9.78 Å². The number of carbonyl (C=O) groups excluding carboxylic acids is 2. The zero-order valence-electron chi connectivity index (χ0n) is 15.7. The van der Waals surface area contributed by atoms with Crippen molar-refractivity contribution >= 4 is 22.8 Å². The number of rotatable bonds is 4. The molecule has 138 valence electrons. The first kappa shape index (κ1) is 18.4. The van der Waals surface area contributed by atoms with Crippen LogP contribution in [-0.4, -0.2) is 29.0 Å². The van der Waals surface area contributed by atoms with Gasteiger partial charge >= 0.3 is 5.97 Å². The highest BCUT2D eigenvalue weighted by atomic mass is 16.5. The first-order valence-corrected chi connectivity index (χ1v) is 9.39. The molecule has 3 rings (SSSR count). The Bertz CT molecular complexity index is 829. The number of fused-ring (bicyclic) bond motifs is 2. The number of esters is 1. The Hall–Kier alpha value is -2.43. The number of benzene rings is 1. The Balaban J connectivity index is 1.98. The lowest BCUT2D eigenvalue weighted by Gasteiger charge is -2.18. The van der Waals surface area contributed by atoms with Crippen LogP contribution in [0.5, 0.6) is 0 Å². The van der Waals surface area contributed by atoms with E-state index in [1.165, 1.54) is 0 Å². The molecule has 26 heavy (non-hydrogen) atoms. The summed E-state index contributed by atoms with van der Waals surface area (Å²) >= 11 is 0. The number of para-hydroxylation sites is 1. The molecule has 1 aromatic carbocycles. The molecule has 5 heteroatoms. The predicted molar refractivity (Wildman–Crippen MR) is 101 cm³/mol. The van der Waals surface area contributed by atoms with Gasteiger partial charge in [0.1, 0.15) is 0 Å². The van der Waals surface area contributed by atoms with Crippen LogP contribution in [0.1, 0.15) is 61.6 Å². The Labute approximate surface area is 154 Å². The summed E-state index contributed by atoms with van der Waals surface area (Å²) < 4.78 is 5.54. The summed E-state index contributed by atoms with van der Waals surface area (Å²) in [6.45, 7) is 5.36. The van der Waals surface area contributed by atoms with Gasteiger partial charge in [0.15, 0.2) is 6.10 Å². The molecule has 0 spiro atoms. The molecule has 1 N–H and O–H groups in total. The van der Waals surface area contributed by atoms with Gasteiger partial charge in [-0.25, -0.2) is 4.79 Å². The second kappa shape index (κ2) is 7.85. The second-order valence-corrected chi connectivity index (χ2v) is 7.20. The first-order valence-electron chi connectivity index (χ1n) is 9.39. The van der Waals surface area contributed by atoms with E-state index in [1.807, 2.05) is 38.1 Å². The van der Waals surface area contributed by atoms with Gasteiger partial charge in [0, 0.05) is 17.1 Å². The van der Waals surface area contributed by atoms with Crippen molar-refractivity contribution in [2.45, 2.75) is 65.0 Å². The maximum atomic E-state index is 13.0. The SMILES string of the molecule is CC(C)NC(=O)C(C)OC(=O)c1c2c(nc3ccccc13)CCCCC2. The third-order valence-corrected chi connectivity index (χ3v) is 4.71. The number of hydrogen-bond donors (Lipinski definition) is 1. The van der Waals surface area contributed by atoms with Crippen LogP contribution < -0.4 is 5.32 Å². The zero-order chi connectivity index (χ0) is 18.7. The molecule has 0 fully saturated rings. The fraction of sp³-hybridized carbons (Fsp3) is 0.476. The molecule has 0 saturated heterocycles. The molecular weight excluding hydrogens is 328 g/mol. The third-order valence-electron chi connectivity index (χ3n) is 4.71. The number of carbonyl (C=O) groups is 2. The largest absolute Gasteiger partial charge is 0.449 e. The molecule has 5 nitrogen and oxygen atoms in total. The number of amides is 1. The summed E-state index contributed by atoms with van der Waals surface area (Å²) in [4.78, 5) is 29.9. The van der Waals surface area contributed by atoms with Gasteiger partial charge in [-0.2, -0.15) is 0 Å². The van der Waals surface area contributed by atoms with Crippen molar-refractivity contribution in [3.05, 3.63) is 41.1 Å². The monoisotopic (exact) mass is 354 g/mol. The number of nitrogens with zero attached hydrogens (tertiary/aromatic N) is 1. The first-order chi connectivity index (χ1) is 12.5. The molecule has 1 aromatic heterocycles. The van der Waals surface area contributed by atoms with Crippen molar-refractivity contribution in [2.75, 3.05) is 0 Å². The van der Waals surface area contributed by atoms with E-state index in [4.69, 9.17) is 9.72 Å². The zero-order valence-corrected chi connectivity index (χ0v) is 15.7. The van der Waals surface area contributed by atoms with Gasteiger partial charge in [0.2, 0.25) is 0 Å². The topological polar surface area (TPSA) is 68.3 Å². The van der Waals surface area contributed by atoms with Crippen LogP contribution in [0, 0.1) is 0 Å². The minimum absolute atomic E-state index is 0.00156. The molecular formula is C21H26N2O3. The molecule has 1 aliphatic rings. The van der Waals surface area contributed by atoms with Gasteiger partial charge < -0.3 is 10.1 Å². The Morgan fingerprint density at radius 2 is 1.81 bits per heavy atom. The van der Waals surface area contributed by atoms with Gasteiger partial charge in [-0.05, 0) is 58.1 Å². The van der Waals surface area contributed by atoms with Crippen molar-refractivity contribution in [3.63, 3.8) is 0 Å². The lowest BCUT2D eigenvalue weighted by molar-refractivity contribution is -0.129. The molecule has 1 amide bonds. The fourth-order valence-corrected chi connectivity index (χ4v) is 3.46. The van der Waals surface area contributed by atoms with Crippen molar-refractivity contribution in [2.24, 2.45) is 0 Å². The summed E-state index contributed by atoms with van der Waals surface area (Å²) in [5.41, 5.74) is 3.37. The lowest BCUT2D eigenvalue weighted by Crippen LogP contribution is -2.39. The van der Waals surface area contributed by atoms with Crippen LogP contribution in [0.4, 0.5) is 0 Å². The van der Waals surface area contributed by atoms with Gasteiger partial charge in [0.25, 0.3) is 5.91 Å². The molecule has 1 heterocycles. The molecule has 0 bridgehead atoms. The van der Waals surface area contributed by atoms with Gasteiger partial charge in [0.05, 0.1) is 11.1 Å². The third kappa shape index (κ3) is 3.87. The number of nitrogens with one attached hydrogen (secondary N) is 1. The van der Waals surface area contributed by atoms with E-state index >= 15 is 0 Å². The van der Waals surface area contributed by atoms with E-state index in [1.54, 1.807) is 6.92 Å². The molecule has 0 aliphatic heterocycles. The minimum Gasteiger partial charge on any atom is -0.449 e. The minimum atomic E-state index is -0.835. The van der Waals surface area contributed by atoms with Crippen molar-refractivity contribution in [1.29, 1.82) is 0 Å². The Kier molecular flexibility index (Phi) is 5.55. The van der Waals surface area contributed by atoms with Gasteiger partial charge in [-0.15, -0.1) is 0 Å². The highest BCUT2D eigenvalue weighted by Crippen LogP contribution is 2.29. The van der Waals surface area contributed by atoms with Crippen molar-refractivity contribution in [3.8, 4) is 0 Å². The smallest absolute Gasteiger partial charge is 0.339 e. The van der Waals surface area contributed by atoms with Crippen LogP contribution in [-0.2, 0) is 22.4 Å². The van der Waals surface area contributed by atoms with Crippen LogP contribution in [0.25, 0.3) is 10.9 Å². The molecule has 1 atom stereocenters. The Morgan fingerprint density at radius 3 is 2.58 bits per heavy atom. The van der Waals surface area contributed by atoms with E-state index < -0.39 is 12.1 Å². The van der Waals surface area contributed by atoms with Crippen molar-refractivity contribution < 1.29 is 14.3 Å². The maximum Gasteiger partial charge on any atom is 0.339 e. The number of hydrogen-bond acceptors (Lipinski definition) is 4. The quantitative estimate of drug-likeness (QED) is 0.673. The van der Waals surface area contributed by atoms with Crippen LogP contribution in [0.3, 0.4) is 0 Å². The lowest BCUT2D eigenvalue weighted by atomic mass is 9.97. The summed E-state index contributed by atoms with van der Waals surface area (Å²) in [7, 11) is 0. The predicted octanol–water partition coefficient (Wildman–Crippen LogP) is 3.57. The second-order valence-electron chi connectivity index (χ2n) is 7.20. The summed E-state index contributed by atoms with van der Waals surface area (Å²) in [6, 6.07) is 7.65. The summed E-state index contributed by atoms with van der Waals surface area (Å²) in [6.07, 6.45) is 4.12. The van der Waals surface area contributed by atoms with Crippen molar-refractivity contribution in [1.82, 2.24) is 10.3 Å². The number of aromatic nitrogens is 1.